The van der Waals surface area contributed by atoms with E-state index in [9.17, 15) is 13.2 Å². The van der Waals surface area contributed by atoms with E-state index in [0.717, 1.165) is 13.1 Å². The van der Waals surface area contributed by atoms with Crippen molar-refractivity contribution in [3.05, 3.63) is 29.8 Å². The molecule has 2 fully saturated rings. The maximum absolute atomic E-state index is 12.7. The molecular formula is C15H22ClN3O3S. The third-order valence-electron chi connectivity index (χ3n) is 4.24. The Morgan fingerprint density at radius 1 is 1.30 bits per heavy atom. The van der Waals surface area contributed by atoms with Crippen LogP contribution in [0.5, 0.6) is 0 Å². The van der Waals surface area contributed by atoms with Crippen LogP contribution < -0.4 is 9.62 Å². The first-order valence-electron chi connectivity index (χ1n) is 7.61. The Balaban J connectivity index is 0.00000192. The fourth-order valence-electron chi connectivity index (χ4n) is 3.03. The van der Waals surface area contributed by atoms with Gasteiger partial charge in [0, 0.05) is 37.8 Å². The molecule has 8 heteroatoms. The average Bonchev–Trinajstić information content (AvgIpc) is 2.86. The number of carbonyl (C=O) groups excluding carboxylic acids is 1. The highest BCUT2D eigenvalue weighted by Gasteiger charge is 2.29. The van der Waals surface area contributed by atoms with Gasteiger partial charge in [0.25, 0.3) is 5.91 Å². The van der Waals surface area contributed by atoms with Crippen LogP contribution in [0.25, 0.3) is 0 Å². The van der Waals surface area contributed by atoms with E-state index in [4.69, 9.17) is 0 Å². The van der Waals surface area contributed by atoms with E-state index < -0.39 is 10.0 Å². The number of nitrogens with zero attached hydrogens (tertiary/aromatic N) is 2. The van der Waals surface area contributed by atoms with Crippen LogP contribution in [0.1, 0.15) is 23.7 Å². The molecule has 0 aliphatic carbocycles. The van der Waals surface area contributed by atoms with Crippen molar-refractivity contribution in [2.75, 3.05) is 36.2 Å². The molecule has 1 N–H and O–H groups in total. The summed E-state index contributed by atoms with van der Waals surface area (Å²) in [6.45, 7) is 4.75. The zero-order valence-corrected chi connectivity index (χ0v) is 14.7. The van der Waals surface area contributed by atoms with Crippen LogP contribution in [0.15, 0.2) is 24.3 Å². The normalized spacial score (nSPS) is 23.4. The van der Waals surface area contributed by atoms with Gasteiger partial charge in [0.05, 0.1) is 11.4 Å². The first kappa shape index (κ1) is 18.0. The molecule has 2 heterocycles. The molecule has 0 aromatic heterocycles. The minimum atomic E-state index is -3.22. The Morgan fingerprint density at radius 2 is 2.09 bits per heavy atom. The van der Waals surface area contributed by atoms with Gasteiger partial charge in [0.15, 0.2) is 0 Å². The van der Waals surface area contributed by atoms with Crippen molar-refractivity contribution in [3.8, 4) is 0 Å². The molecule has 6 nitrogen and oxygen atoms in total. The van der Waals surface area contributed by atoms with E-state index in [1.807, 2.05) is 11.8 Å². The van der Waals surface area contributed by atoms with Crippen molar-refractivity contribution in [1.29, 1.82) is 0 Å². The smallest absolute Gasteiger partial charge is 0.254 e. The summed E-state index contributed by atoms with van der Waals surface area (Å²) < 4.78 is 25.4. The summed E-state index contributed by atoms with van der Waals surface area (Å²) in [7, 11) is -3.22. The predicted molar refractivity (Wildman–Crippen MR) is 92.8 cm³/mol. The first-order valence-corrected chi connectivity index (χ1v) is 9.22. The number of benzene rings is 1. The third-order valence-corrected chi connectivity index (χ3v) is 6.11. The van der Waals surface area contributed by atoms with E-state index in [2.05, 4.69) is 5.32 Å². The molecule has 0 saturated carbocycles. The Bertz CT molecular complexity index is 680. The van der Waals surface area contributed by atoms with Gasteiger partial charge in [-0.1, -0.05) is 6.07 Å². The van der Waals surface area contributed by atoms with Crippen molar-refractivity contribution in [2.24, 2.45) is 0 Å². The first-order chi connectivity index (χ1) is 10.5. The molecule has 0 unspecified atom stereocenters. The third kappa shape index (κ3) is 3.62. The summed E-state index contributed by atoms with van der Waals surface area (Å²) in [5.41, 5.74) is 1.14. The molecule has 2 aliphatic heterocycles. The van der Waals surface area contributed by atoms with Gasteiger partial charge < -0.3 is 10.2 Å². The van der Waals surface area contributed by atoms with Crippen molar-refractivity contribution in [1.82, 2.24) is 10.2 Å². The van der Waals surface area contributed by atoms with Crippen LogP contribution >= 0.6 is 12.4 Å². The topological polar surface area (TPSA) is 69.7 Å². The molecule has 2 saturated heterocycles. The number of hydrogen-bond acceptors (Lipinski definition) is 4. The molecule has 0 bridgehead atoms. The number of carbonyl (C=O) groups is 1. The summed E-state index contributed by atoms with van der Waals surface area (Å²) in [6, 6.07) is 7.09. The zero-order chi connectivity index (χ0) is 15.7. The lowest BCUT2D eigenvalue weighted by molar-refractivity contribution is 0.0656. The minimum Gasteiger partial charge on any atom is -0.333 e. The highest BCUT2D eigenvalue weighted by Crippen LogP contribution is 2.25. The van der Waals surface area contributed by atoms with E-state index in [1.54, 1.807) is 24.3 Å². The monoisotopic (exact) mass is 359 g/mol. The molecule has 1 aromatic rings. The van der Waals surface area contributed by atoms with E-state index >= 15 is 0 Å². The Kier molecular flexibility index (Phi) is 5.54. The quantitative estimate of drug-likeness (QED) is 0.858. The average molecular weight is 360 g/mol. The molecule has 0 radical (unpaired) electrons. The molecular weight excluding hydrogens is 338 g/mol. The lowest BCUT2D eigenvalue weighted by Gasteiger charge is -2.34. The Morgan fingerprint density at radius 3 is 2.74 bits per heavy atom. The number of rotatable bonds is 2. The van der Waals surface area contributed by atoms with Crippen molar-refractivity contribution in [2.45, 2.75) is 19.4 Å². The van der Waals surface area contributed by atoms with Crippen molar-refractivity contribution >= 4 is 34.0 Å². The van der Waals surface area contributed by atoms with E-state index in [0.29, 0.717) is 30.8 Å². The molecule has 1 amide bonds. The molecule has 128 valence electrons. The van der Waals surface area contributed by atoms with Crippen LogP contribution in [0, 0.1) is 0 Å². The number of nitrogens with one attached hydrogen (secondary N) is 1. The Labute approximate surface area is 143 Å². The lowest BCUT2D eigenvalue weighted by Crippen LogP contribution is -2.52. The molecule has 2 aliphatic rings. The SMILES string of the molecule is C[C@@H]1CNCCN1C(=O)c1cccc(N2CCCS2(=O)=O)c1.Cl. The van der Waals surface area contributed by atoms with E-state index in [-0.39, 0.29) is 30.1 Å². The van der Waals surface area contributed by atoms with Gasteiger partial charge in [0.1, 0.15) is 0 Å². The number of halogens is 1. The second-order valence-corrected chi connectivity index (χ2v) is 7.86. The largest absolute Gasteiger partial charge is 0.333 e. The second-order valence-electron chi connectivity index (χ2n) is 5.84. The summed E-state index contributed by atoms with van der Waals surface area (Å²) in [4.78, 5) is 14.5. The number of amides is 1. The summed E-state index contributed by atoms with van der Waals surface area (Å²) in [6.07, 6.45) is 0.634. The fraction of sp³-hybridized carbons (Fsp3) is 0.533. The van der Waals surface area contributed by atoms with Gasteiger partial charge in [-0.25, -0.2) is 8.42 Å². The highest BCUT2D eigenvalue weighted by molar-refractivity contribution is 7.93. The van der Waals surface area contributed by atoms with Crippen LogP contribution in [-0.4, -0.2) is 57.2 Å². The highest BCUT2D eigenvalue weighted by atomic mass is 35.5. The van der Waals surface area contributed by atoms with Gasteiger partial charge >= 0.3 is 0 Å². The number of sulfonamides is 1. The van der Waals surface area contributed by atoms with Gasteiger partial charge in [-0.2, -0.15) is 0 Å². The van der Waals surface area contributed by atoms with Gasteiger partial charge in [-0.3, -0.25) is 9.10 Å². The zero-order valence-electron chi connectivity index (χ0n) is 13.1. The molecule has 0 spiro atoms. The van der Waals surface area contributed by atoms with Gasteiger partial charge in [-0.05, 0) is 31.5 Å². The fourth-order valence-corrected chi connectivity index (χ4v) is 4.59. The number of hydrogen-bond donors (Lipinski definition) is 1. The van der Waals surface area contributed by atoms with Crippen LogP contribution in [0.4, 0.5) is 5.69 Å². The molecule has 1 aromatic carbocycles. The summed E-state index contributed by atoms with van der Waals surface area (Å²) in [5.74, 6) is 0.146. The molecule has 3 rings (SSSR count). The standard InChI is InChI=1S/C15H21N3O3S.ClH/c1-12-11-16-6-8-17(12)15(19)13-4-2-5-14(10-13)18-7-3-9-22(18,20)21;/h2,4-5,10,12,16H,3,6-9,11H2,1H3;1H/t12-;/m1./s1. The minimum absolute atomic E-state index is 0. The second kappa shape index (κ2) is 7.07. The Hall–Kier alpha value is -1.31. The lowest BCUT2D eigenvalue weighted by atomic mass is 10.1. The van der Waals surface area contributed by atoms with E-state index in [1.165, 1.54) is 4.31 Å². The van der Waals surface area contributed by atoms with Crippen molar-refractivity contribution < 1.29 is 13.2 Å². The maximum atomic E-state index is 12.7. The number of anilines is 1. The van der Waals surface area contributed by atoms with Crippen LogP contribution in [0.3, 0.4) is 0 Å². The molecule has 1 atom stereocenters. The van der Waals surface area contributed by atoms with Gasteiger partial charge in [0.2, 0.25) is 10.0 Å². The summed E-state index contributed by atoms with van der Waals surface area (Å²) >= 11 is 0. The predicted octanol–water partition coefficient (Wildman–Crippen LogP) is 1.08. The van der Waals surface area contributed by atoms with Crippen molar-refractivity contribution in [3.63, 3.8) is 0 Å². The number of piperazine rings is 1. The van der Waals surface area contributed by atoms with Crippen LogP contribution in [0.2, 0.25) is 0 Å². The van der Waals surface area contributed by atoms with Crippen LogP contribution in [-0.2, 0) is 10.0 Å². The molecule has 23 heavy (non-hydrogen) atoms. The summed E-state index contributed by atoms with van der Waals surface area (Å²) in [5, 5.41) is 3.26. The van der Waals surface area contributed by atoms with Gasteiger partial charge in [-0.15, -0.1) is 12.4 Å². The maximum Gasteiger partial charge on any atom is 0.254 e.